The number of para-hydroxylation sites is 1. The summed E-state index contributed by atoms with van der Waals surface area (Å²) in [5, 5.41) is 8.52. The van der Waals surface area contributed by atoms with E-state index >= 15 is 0 Å². The summed E-state index contributed by atoms with van der Waals surface area (Å²) < 4.78 is 7.86. The summed E-state index contributed by atoms with van der Waals surface area (Å²) in [6.45, 7) is 2.00. The Kier molecular flexibility index (Phi) is 7.63. The van der Waals surface area contributed by atoms with Gasteiger partial charge in [0.1, 0.15) is 11.6 Å². The Bertz CT molecular complexity index is 1530. The van der Waals surface area contributed by atoms with E-state index in [9.17, 15) is 14.4 Å². The van der Waals surface area contributed by atoms with E-state index in [0.29, 0.717) is 22.3 Å². The summed E-state index contributed by atoms with van der Waals surface area (Å²) >= 11 is 1.05. The van der Waals surface area contributed by atoms with Gasteiger partial charge in [0, 0.05) is 6.54 Å². The number of rotatable bonds is 9. The highest BCUT2D eigenvalue weighted by Crippen LogP contribution is 2.29. The molecule has 0 aliphatic rings. The number of nitrogen functional groups attached to an aromatic ring is 2. The van der Waals surface area contributed by atoms with Gasteiger partial charge in [0.25, 0.3) is 5.56 Å². The first-order chi connectivity index (χ1) is 17.8. The molecule has 4 aromatic rings. The van der Waals surface area contributed by atoms with Crippen molar-refractivity contribution in [2.24, 2.45) is 0 Å². The van der Waals surface area contributed by atoms with E-state index in [-0.39, 0.29) is 30.3 Å². The number of thioether (sulfide) groups is 1. The molecule has 37 heavy (non-hydrogen) atoms. The van der Waals surface area contributed by atoms with Crippen molar-refractivity contribution < 1.29 is 9.53 Å². The molecule has 0 saturated carbocycles. The molecule has 5 N–H and O–H groups in total. The minimum Gasteiger partial charge on any atom is -0.496 e. The predicted molar refractivity (Wildman–Crippen MR) is 142 cm³/mol. The molecule has 4 rings (SSSR count). The molecule has 192 valence electrons. The van der Waals surface area contributed by atoms with Crippen molar-refractivity contribution >= 4 is 29.2 Å². The van der Waals surface area contributed by atoms with Crippen LogP contribution in [0.3, 0.4) is 0 Å². The summed E-state index contributed by atoms with van der Waals surface area (Å²) in [7, 11) is 1.54. The monoisotopic (exact) mass is 522 g/mol. The molecule has 1 amide bonds. The molecule has 0 unspecified atom stereocenters. The summed E-state index contributed by atoms with van der Waals surface area (Å²) in [4.78, 5) is 41.9. The Morgan fingerprint density at radius 1 is 1.11 bits per heavy atom. The minimum atomic E-state index is -0.743. The van der Waals surface area contributed by atoms with Crippen molar-refractivity contribution in [1.29, 1.82) is 0 Å². The van der Waals surface area contributed by atoms with Crippen molar-refractivity contribution in [2.75, 3.05) is 35.9 Å². The van der Waals surface area contributed by atoms with Gasteiger partial charge in [-0.1, -0.05) is 54.2 Å². The first-order valence-corrected chi connectivity index (χ1v) is 12.3. The van der Waals surface area contributed by atoms with Gasteiger partial charge in [0.2, 0.25) is 11.1 Å². The Hall–Kier alpha value is -4.52. The molecule has 0 fully saturated rings. The molecule has 0 bridgehead atoms. The number of nitrogens with two attached hydrogens (primary N) is 2. The summed E-state index contributed by atoms with van der Waals surface area (Å²) in [5.41, 5.74) is 6.22. The van der Waals surface area contributed by atoms with Crippen LogP contribution >= 0.6 is 11.8 Å². The molecular formula is C24H26N8O4S. The van der Waals surface area contributed by atoms with Crippen LogP contribution in [0.15, 0.2) is 69.3 Å². The second-order valence-electron chi connectivity index (χ2n) is 7.87. The van der Waals surface area contributed by atoms with Crippen LogP contribution < -0.4 is 32.5 Å². The van der Waals surface area contributed by atoms with Gasteiger partial charge in [-0.25, -0.2) is 9.47 Å². The largest absolute Gasteiger partial charge is 0.496 e. The van der Waals surface area contributed by atoms with E-state index < -0.39 is 17.2 Å². The van der Waals surface area contributed by atoms with Crippen LogP contribution in [0.4, 0.5) is 11.5 Å². The Morgan fingerprint density at radius 2 is 1.81 bits per heavy atom. The third kappa shape index (κ3) is 5.21. The fourth-order valence-corrected chi connectivity index (χ4v) is 4.55. The number of hydrogen-bond acceptors (Lipinski definition) is 9. The average Bonchev–Trinajstić information content (AvgIpc) is 3.27. The lowest BCUT2D eigenvalue weighted by Crippen LogP contribution is -2.42. The lowest BCUT2D eigenvalue weighted by molar-refractivity contribution is -0.116. The summed E-state index contributed by atoms with van der Waals surface area (Å²) in [6, 6.07) is 16.4. The maximum absolute atomic E-state index is 13.2. The van der Waals surface area contributed by atoms with Crippen molar-refractivity contribution in [2.45, 2.75) is 18.6 Å². The van der Waals surface area contributed by atoms with E-state index in [1.54, 1.807) is 26.2 Å². The first-order valence-electron chi connectivity index (χ1n) is 11.3. The van der Waals surface area contributed by atoms with Gasteiger partial charge in [-0.05, 0) is 24.6 Å². The molecule has 13 heteroatoms. The molecule has 0 radical (unpaired) electrons. The van der Waals surface area contributed by atoms with E-state index in [0.717, 1.165) is 17.3 Å². The SMILES string of the molecule is CCN(C(=O)CSc1nnc(-c2ccccc2OC)n1N)c1c(N)n(Cc2ccccc2)c(=O)[nH]c1=O. The van der Waals surface area contributed by atoms with Gasteiger partial charge in [-0.15, -0.1) is 10.2 Å². The highest BCUT2D eigenvalue weighted by atomic mass is 32.2. The number of carbonyl (C=O) groups is 1. The number of amides is 1. The van der Waals surface area contributed by atoms with E-state index in [1.807, 2.05) is 42.5 Å². The Morgan fingerprint density at radius 3 is 2.51 bits per heavy atom. The molecule has 2 heterocycles. The van der Waals surface area contributed by atoms with E-state index in [2.05, 4.69) is 15.2 Å². The van der Waals surface area contributed by atoms with Crippen molar-refractivity contribution in [3.8, 4) is 17.1 Å². The number of methoxy groups -OCH3 is 1. The zero-order valence-electron chi connectivity index (χ0n) is 20.2. The second-order valence-corrected chi connectivity index (χ2v) is 8.81. The normalized spacial score (nSPS) is 10.9. The molecule has 0 spiro atoms. The Labute approximate surface area is 215 Å². The summed E-state index contributed by atoms with van der Waals surface area (Å²) in [6.07, 6.45) is 0. The molecule has 0 saturated heterocycles. The number of benzene rings is 2. The smallest absolute Gasteiger partial charge is 0.330 e. The lowest BCUT2D eigenvalue weighted by Gasteiger charge is -2.23. The minimum absolute atomic E-state index is 0.0902. The van der Waals surface area contributed by atoms with Crippen molar-refractivity contribution in [3.05, 3.63) is 81.0 Å². The van der Waals surface area contributed by atoms with Crippen molar-refractivity contribution in [3.63, 3.8) is 0 Å². The fraction of sp³-hybridized carbons (Fsp3) is 0.208. The van der Waals surface area contributed by atoms with Gasteiger partial charge in [0.05, 0.1) is 25.0 Å². The number of H-pyrrole nitrogens is 1. The van der Waals surface area contributed by atoms with Crippen LogP contribution in [-0.2, 0) is 11.3 Å². The molecule has 0 aliphatic carbocycles. The van der Waals surface area contributed by atoms with Crippen molar-refractivity contribution in [1.82, 2.24) is 24.4 Å². The van der Waals surface area contributed by atoms with E-state index in [4.69, 9.17) is 16.3 Å². The zero-order valence-corrected chi connectivity index (χ0v) is 21.1. The standard InChI is InChI=1S/C24H26N8O4S/c1-3-30(19-20(25)31(23(35)27-22(19)34)13-15-9-5-4-6-10-15)18(33)14-37-24-29-28-21(32(24)26)16-11-7-8-12-17(16)36-2/h4-12H,3,13-14,25-26H2,1-2H3,(H,27,34,35). The van der Waals surface area contributed by atoms with Gasteiger partial charge in [-0.2, -0.15) is 0 Å². The van der Waals surface area contributed by atoms with Gasteiger partial charge in [0.15, 0.2) is 11.5 Å². The first kappa shape index (κ1) is 25.6. The number of nitrogens with zero attached hydrogens (tertiary/aromatic N) is 5. The van der Waals surface area contributed by atoms with Gasteiger partial charge < -0.3 is 21.2 Å². The average molecular weight is 523 g/mol. The third-order valence-electron chi connectivity index (χ3n) is 5.62. The summed E-state index contributed by atoms with van der Waals surface area (Å²) in [5.74, 6) is 6.52. The molecule has 2 aromatic carbocycles. The number of carbonyl (C=O) groups excluding carboxylic acids is 1. The van der Waals surface area contributed by atoms with E-state index in [1.165, 1.54) is 14.1 Å². The molecule has 12 nitrogen and oxygen atoms in total. The molecule has 0 aliphatic heterocycles. The third-order valence-corrected chi connectivity index (χ3v) is 6.55. The predicted octanol–water partition coefficient (Wildman–Crippen LogP) is 1.29. The lowest BCUT2D eigenvalue weighted by atomic mass is 10.2. The fourth-order valence-electron chi connectivity index (χ4n) is 3.81. The number of aromatic nitrogens is 5. The highest BCUT2D eigenvalue weighted by molar-refractivity contribution is 7.99. The molecule has 2 aromatic heterocycles. The molecular weight excluding hydrogens is 496 g/mol. The second kappa shape index (κ2) is 11.0. The van der Waals surface area contributed by atoms with Crippen LogP contribution in [0, 0.1) is 0 Å². The number of aromatic amines is 1. The zero-order chi connectivity index (χ0) is 26.5. The number of hydrogen-bond donors (Lipinski definition) is 3. The maximum atomic E-state index is 13.2. The number of nitrogens with one attached hydrogen (secondary N) is 1. The molecule has 0 atom stereocenters. The number of anilines is 2. The van der Waals surface area contributed by atoms with Crippen LogP contribution in [-0.4, -0.2) is 49.7 Å². The van der Waals surface area contributed by atoms with Crippen LogP contribution in [0.25, 0.3) is 11.4 Å². The van der Waals surface area contributed by atoms with Gasteiger partial charge >= 0.3 is 5.69 Å². The van der Waals surface area contributed by atoms with Crippen LogP contribution in [0.2, 0.25) is 0 Å². The number of ether oxygens (including phenoxy) is 1. The van der Waals surface area contributed by atoms with Crippen LogP contribution in [0.5, 0.6) is 5.75 Å². The topological polar surface area (TPSA) is 167 Å². The Balaban J connectivity index is 1.57. The van der Waals surface area contributed by atoms with Crippen LogP contribution in [0.1, 0.15) is 12.5 Å². The van der Waals surface area contributed by atoms with Gasteiger partial charge in [-0.3, -0.25) is 19.1 Å². The quantitative estimate of drug-likeness (QED) is 0.217. The maximum Gasteiger partial charge on any atom is 0.330 e. The highest BCUT2D eigenvalue weighted by Gasteiger charge is 2.24.